The highest BCUT2D eigenvalue weighted by Gasteiger charge is 2.21. The number of imidazole rings is 1. The van der Waals surface area contributed by atoms with E-state index in [9.17, 15) is 4.79 Å². The summed E-state index contributed by atoms with van der Waals surface area (Å²) < 4.78 is 5.77. The van der Waals surface area contributed by atoms with E-state index in [1.807, 2.05) is 68.4 Å². The molecule has 27 heavy (non-hydrogen) atoms. The minimum Gasteiger partial charge on any atom is -0.481 e. The third-order valence-electron chi connectivity index (χ3n) is 4.41. The third-order valence-corrected chi connectivity index (χ3v) is 4.41. The van der Waals surface area contributed by atoms with Gasteiger partial charge in [0.25, 0.3) is 5.91 Å². The van der Waals surface area contributed by atoms with Crippen LogP contribution in [0.1, 0.15) is 37.7 Å². The lowest BCUT2D eigenvalue weighted by Crippen LogP contribution is -2.38. The first kappa shape index (κ1) is 18.7. The SMILES string of the molecule is CCC(NC(=O)C(C)Oc1cccc(C)c1)c1ncc(-c2ccccc2)[nH]1. The van der Waals surface area contributed by atoms with Crippen molar-refractivity contribution in [3.8, 4) is 17.0 Å². The number of hydrogen-bond donors (Lipinski definition) is 2. The van der Waals surface area contributed by atoms with Gasteiger partial charge < -0.3 is 15.0 Å². The number of nitrogens with zero attached hydrogens (tertiary/aromatic N) is 1. The molecule has 0 aliphatic heterocycles. The molecule has 5 heteroatoms. The maximum absolute atomic E-state index is 12.6. The number of ether oxygens (including phenoxy) is 1. The molecule has 0 saturated carbocycles. The Balaban J connectivity index is 1.66. The second kappa shape index (κ2) is 8.54. The van der Waals surface area contributed by atoms with Crippen molar-refractivity contribution in [3.63, 3.8) is 0 Å². The number of rotatable bonds is 7. The standard InChI is InChI=1S/C22H25N3O2/c1-4-19(21-23-14-20(24-21)17-10-6-5-7-11-17)25-22(26)16(3)27-18-12-8-9-15(2)13-18/h5-14,16,19H,4H2,1-3H3,(H,23,24)(H,25,26). The van der Waals surface area contributed by atoms with Crippen LogP contribution in [0.4, 0.5) is 0 Å². The summed E-state index contributed by atoms with van der Waals surface area (Å²) in [5, 5.41) is 3.02. The normalized spacial score (nSPS) is 13.0. The van der Waals surface area contributed by atoms with Gasteiger partial charge in [0, 0.05) is 0 Å². The first-order chi connectivity index (χ1) is 13.1. The quantitative estimate of drug-likeness (QED) is 0.653. The molecular formula is C22H25N3O2. The van der Waals surface area contributed by atoms with E-state index in [4.69, 9.17) is 4.74 Å². The van der Waals surface area contributed by atoms with E-state index in [-0.39, 0.29) is 11.9 Å². The van der Waals surface area contributed by atoms with E-state index < -0.39 is 6.10 Å². The van der Waals surface area contributed by atoms with E-state index in [0.29, 0.717) is 5.75 Å². The average Bonchev–Trinajstić information content (AvgIpc) is 3.16. The number of benzene rings is 2. The van der Waals surface area contributed by atoms with Crippen molar-refractivity contribution in [1.82, 2.24) is 15.3 Å². The predicted molar refractivity (Wildman–Crippen MR) is 106 cm³/mol. The van der Waals surface area contributed by atoms with Crippen LogP contribution in [0.3, 0.4) is 0 Å². The second-order valence-corrected chi connectivity index (χ2v) is 6.59. The first-order valence-corrected chi connectivity index (χ1v) is 9.21. The summed E-state index contributed by atoms with van der Waals surface area (Å²) in [6.45, 7) is 5.76. The van der Waals surface area contributed by atoms with Crippen molar-refractivity contribution in [2.24, 2.45) is 0 Å². The van der Waals surface area contributed by atoms with Gasteiger partial charge >= 0.3 is 0 Å². The third kappa shape index (κ3) is 4.76. The number of carbonyl (C=O) groups is 1. The fourth-order valence-electron chi connectivity index (χ4n) is 2.88. The van der Waals surface area contributed by atoms with Crippen LogP contribution in [0.15, 0.2) is 60.8 Å². The Kier molecular flexibility index (Phi) is 5.91. The molecule has 0 aliphatic carbocycles. The van der Waals surface area contributed by atoms with Crippen LogP contribution in [0, 0.1) is 6.92 Å². The molecule has 5 nitrogen and oxygen atoms in total. The molecule has 0 fully saturated rings. The topological polar surface area (TPSA) is 67.0 Å². The Hall–Kier alpha value is -3.08. The number of H-pyrrole nitrogens is 1. The van der Waals surface area contributed by atoms with Crippen LogP contribution in [-0.4, -0.2) is 22.0 Å². The maximum Gasteiger partial charge on any atom is 0.261 e. The molecule has 0 bridgehead atoms. The molecule has 1 aromatic heterocycles. The summed E-state index contributed by atoms with van der Waals surface area (Å²) in [5.41, 5.74) is 3.09. The van der Waals surface area contributed by atoms with Gasteiger partial charge in [-0.1, -0.05) is 49.4 Å². The molecule has 2 N–H and O–H groups in total. The number of aryl methyl sites for hydroxylation is 1. The molecule has 3 aromatic rings. The summed E-state index contributed by atoms with van der Waals surface area (Å²) in [6, 6.07) is 17.5. The zero-order valence-electron chi connectivity index (χ0n) is 15.9. The molecule has 0 saturated heterocycles. The maximum atomic E-state index is 12.6. The Bertz CT molecular complexity index is 889. The highest BCUT2D eigenvalue weighted by Crippen LogP contribution is 2.21. The molecule has 0 aliphatic rings. The van der Waals surface area contributed by atoms with E-state index in [0.717, 1.165) is 29.1 Å². The number of amides is 1. The van der Waals surface area contributed by atoms with Gasteiger partial charge in [0.15, 0.2) is 6.10 Å². The monoisotopic (exact) mass is 363 g/mol. The first-order valence-electron chi connectivity index (χ1n) is 9.21. The zero-order valence-corrected chi connectivity index (χ0v) is 15.9. The smallest absolute Gasteiger partial charge is 0.261 e. The van der Waals surface area contributed by atoms with Crippen LogP contribution in [-0.2, 0) is 4.79 Å². The summed E-state index contributed by atoms with van der Waals surface area (Å²) >= 11 is 0. The Morgan fingerprint density at radius 1 is 1.19 bits per heavy atom. The van der Waals surface area contributed by atoms with Gasteiger partial charge in [-0.25, -0.2) is 4.98 Å². The van der Waals surface area contributed by atoms with Crippen molar-refractivity contribution in [2.45, 2.75) is 39.3 Å². The minimum absolute atomic E-state index is 0.166. The van der Waals surface area contributed by atoms with E-state index >= 15 is 0 Å². The number of carbonyl (C=O) groups excluding carboxylic acids is 1. The highest BCUT2D eigenvalue weighted by molar-refractivity contribution is 5.81. The highest BCUT2D eigenvalue weighted by atomic mass is 16.5. The molecule has 140 valence electrons. The van der Waals surface area contributed by atoms with Gasteiger partial charge in [-0.05, 0) is 43.5 Å². The second-order valence-electron chi connectivity index (χ2n) is 6.59. The molecule has 0 spiro atoms. The number of hydrogen-bond acceptors (Lipinski definition) is 3. The van der Waals surface area contributed by atoms with Crippen molar-refractivity contribution in [1.29, 1.82) is 0 Å². The van der Waals surface area contributed by atoms with Gasteiger partial charge in [0.1, 0.15) is 11.6 Å². The van der Waals surface area contributed by atoms with Crippen LogP contribution < -0.4 is 10.1 Å². The van der Waals surface area contributed by atoms with Crippen LogP contribution in [0.25, 0.3) is 11.3 Å². The van der Waals surface area contributed by atoms with Gasteiger partial charge in [-0.2, -0.15) is 0 Å². The molecule has 2 unspecified atom stereocenters. The van der Waals surface area contributed by atoms with Gasteiger partial charge in [-0.3, -0.25) is 4.79 Å². The summed E-state index contributed by atoms with van der Waals surface area (Å²) in [6.07, 6.45) is 1.93. The Labute approximate surface area is 159 Å². The van der Waals surface area contributed by atoms with Crippen molar-refractivity contribution >= 4 is 5.91 Å². The zero-order chi connectivity index (χ0) is 19.2. The van der Waals surface area contributed by atoms with Gasteiger partial charge in [0.2, 0.25) is 0 Å². The van der Waals surface area contributed by atoms with E-state index in [1.165, 1.54) is 0 Å². The summed E-state index contributed by atoms with van der Waals surface area (Å²) in [5.74, 6) is 1.27. The number of nitrogens with one attached hydrogen (secondary N) is 2. The lowest BCUT2D eigenvalue weighted by atomic mass is 10.2. The molecule has 3 rings (SSSR count). The Morgan fingerprint density at radius 3 is 2.67 bits per heavy atom. The molecule has 2 aromatic carbocycles. The van der Waals surface area contributed by atoms with Crippen LogP contribution in [0.2, 0.25) is 0 Å². The minimum atomic E-state index is -0.593. The fourth-order valence-corrected chi connectivity index (χ4v) is 2.88. The number of aromatic nitrogens is 2. The number of aromatic amines is 1. The molecular weight excluding hydrogens is 338 g/mol. The predicted octanol–water partition coefficient (Wildman–Crippen LogP) is 4.42. The fraction of sp³-hybridized carbons (Fsp3) is 0.273. The summed E-state index contributed by atoms with van der Waals surface area (Å²) in [4.78, 5) is 20.3. The van der Waals surface area contributed by atoms with Crippen molar-refractivity contribution in [3.05, 3.63) is 72.2 Å². The van der Waals surface area contributed by atoms with Gasteiger partial charge in [0.05, 0.1) is 17.9 Å². The molecule has 1 amide bonds. The lowest BCUT2D eigenvalue weighted by molar-refractivity contribution is -0.128. The lowest BCUT2D eigenvalue weighted by Gasteiger charge is -2.19. The Morgan fingerprint density at radius 2 is 1.96 bits per heavy atom. The van der Waals surface area contributed by atoms with Crippen molar-refractivity contribution in [2.75, 3.05) is 0 Å². The van der Waals surface area contributed by atoms with Crippen LogP contribution >= 0.6 is 0 Å². The molecule has 1 heterocycles. The summed E-state index contributed by atoms with van der Waals surface area (Å²) in [7, 11) is 0. The van der Waals surface area contributed by atoms with Crippen LogP contribution in [0.5, 0.6) is 5.75 Å². The largest absolute Gasteiger partial charge is 0.481 e. The van der Waals surface area contributed by atoms with Crippen molar-refractivity contribution < 1.29 is 9.53 Å². The average molecular weight is 363 g/mol. The van der Waals surface area contributed by atoms with Gasteiger partial charge in [-0.15, -0.1) is 0 Å². The molecule has 0 radical (unpaired) electrons. The van der Waals surface area contributed by atoms with E-state index in [1.54, 1.807) is 13.1 Å². The van der Waals surface area contributed by atoms with E-state index in [2.05, 4.69) is 15.3 Å². The molecule has 2 atom stereocenters.